The van der Waals surface area contributed by atoms with Crippen LogP contribution in [-0.2, 0) is 4.79 Å². The zero-order chi connectivity index (χ0) is 15.6. The molecule has 6 heteroatoms. The lowest BCUT2D eigenvalue weighted by Gasteiger charge is -2.30. The Morgan fingerprint density at radius 1 is 1.48 bits per heavy atom. The smallest absolute Gasteiger partial charge is 0.171 e. The summed E-state index contributed by atoms with van der Waals surface area (Å²) in [4.78, 5) is 11.9. The van der Waals surface area contributed by atoms with E-state index in [1.807, 2.05) is 32.0 Å². The molecule has 0 aromatic heterocycles. The van der Waals surface area contributed by atoms with E-state index in [1.165, 1.54) is 0 Å². The number of thiocarbonyl (C=S) groups is 1. The first kappa shape index (κ1) is 16.0. The molecule has 4 nitrogen and oxygen atoms in total. The Labute approximate surface area is 138 Å². The molecule has 1 atom stereocenters. The number of rotatable bonds is 4. The number of nitrogens with one attached hydrogen (secondary N) is 2. The van der Waals surface area contributed by atoms with Crippen molar-refractivity contribution in [1.82, 2.24) is 10.6 Å². The van der Waals surface area contributed by atoms with Crippen LogP contribution in [0.4, 0.5) is 0 Å². The zero-order valence-electron chi connectivity index (χ0n) is 12.1. The molecule has 0 saturated heterocycles. The quantitative estimate of drug-likeness (QED) is 0.799. The van der Waals surface area contributed by atoms with E-state index in [-0.39, 0.29) is 11.8 Å². The second-order valence-corrected chi connectivity index (χ2v) is 6.01. The van der Waals surface area contributed by atoms with Gasteiger partial charge in [0.25, 0.3) is 0 Å². The lowest BCUT2D eigenvalue weighted by Crippen LogP contribution is -2.44. The molecule has 1 heterocycles. The van der Waals surface area contributed by atoms with Crippen molar-refractivity contribution in [2.45, 2.75) is 26.8 Å². The molecule has 0 bridgehead atoms. The Balaban J connectivity index is 2.43. The number of carbonyl (C=O) groups excluding carboxylic acids is 1. The van der Waals surface area contributed by atoms with Gasteiger partial charge in [0.15, 0.2) is 10.9 Å². The molecule has 1 aromatic carbocycles. The summed E-state index contributed by atoms with van der Waals surface area (Å²) < 4.78 is 6.37. The molecule has 1 aromatic rings. The van der Waals surface area contributed by atoms with Crippen molar-refractivity contribution < 1.29 is 9.53 Å². The predicted molar refractivity (Wildman–Crippen MR) is 90.3 cm³/mol. The summed E-state index contributed by atoms with van der Waals surface area (Å²) in [6.45, 7) is 5.96. The van der Waals surface area contributed by atoms with Gasteiger partial charge in [-0.05, 0) is 66.6 Å². The van der Waals surface area contributed by atoms with Crippen LogP contribution in [0, 0.1) is 0 Å². The topological polar surface area (TPSA) is 50.4 Å². The van der Waals surface area contributed by atoms with Gasteiger partial charge >= 0.3 is 0 Å². The molecular formula is C15H17BrN2O2S. The molecule has 2 N–H and O–H groups in total. The van der Waals surface area contributed by atoms with E-state index in [0.29, 0.717) is 17.3 Å². The number of benzene rings is 1. The van der Waals surface area contributed by atoms with Gasteiger partial charge < -0.3 is 15.4 Å². The summed E-state index contributed by atoms with van der Waals surface area (Å²) in [6.07, 6.45) is 0. The maximum atomic E-state index is 11.9. The minimum atomic E-state index is -0.247. The molecule has 0 aliphatic carbocycles. The van der Waals surface area contributed by atoms with E-state index in [1.54, 1.807) is 6.92 Å². The predicted octanol–water partition coefficient (Wildman–Crippen LogP) is 3.23. The Morgan fingerprint density at radius 3 is 2.76 bits per heavy atom. The number of hydrogen-bond acceptors (Lipinski definition) is 3. The molecule has 0 amide bonds. The third kappa shape index (κ3) is 3.44. The van der Waals surface area contributed by atoms with Gasteiger partial charge in [0.2, 0.25) is 0 Å². The van der Waals surface area contributed by atoms with Crippen molar-refractivity contribution in [2.75, 3.05) is 6.61 Å². The fraction of sp³-hybridized carbons (Fsp3) is 0.333. The van der Waals surface area contributed by atoms with Crippen LogP contribution >= 0.6 is 28.1 Å². The van der Waals surface area contributed by atoms with Crippen molar-refractivity contribution in [2.24, 2.45) is 0 Å². The number of Topliss-reactive ketones (excluding diaryl/α,β-unsaturated/α-hetero) is 1. The highest BCUT2D eigenvalue weighted by Gasteiger charge is 2.28. The number of ketones is 1. The monoisotopic (exact) mass is 368 g/mol. The molecule has 2 rings (SSSR count). The number of hydrogen-bond donors (Lipinski definition) is 2. The minimum absolute atomic E-state index is 0.0185. The van der Waals surface area contributed by atoms with Gasteiger partial charge in [0.05, 0.1) is 17.1 Å². The van der Waals surface area contributed by atoms with Crippen LogP contribution in [0.25, 0.3) is 0 Å². The first-order valence-corrected chi connectivity index (χ1v) is 7.85. The summed E-state index contributed by atoms with van der Waals surface area (Å²) in [5.41, 5.74) is 2.44. The number of ether oxygens (including phenoxy) is 1. The average molecular weight is 369 g/mol. The fourth-order valence-corrected chi connectivity index (χ4v) is 3.16. The van der Waals surface area contributed by atoms with Crippen LogP contribution in [0.3, 0.4) is 0 Å². The van der Waals surface area contributed by atoms with Gasteiger partial charge in [-0.15, -0.1) is 0 Å². The Hall–Kier alpha value is -1.40. The summed E-state index contributed by atoms with van der Waals surface area (Å²) in [7, 11) is 0. The van der Waals surface area contributed by atoms with Crippen LogP contribution < -0.4 is 15.4 Å². The van der Waals surface area contributed by atoms with Gasteiger partial charge in [-0.2, -0.15) is 0 Å². The van der Waals surface area contributed by atoms with Crippen LogP contribution in [0.1, 0.15) is 32.4 Å². The largest absolute Gasteiger partial charge is 0.493 e. The molecule has 0 fully saturated rings. The molecule has 0 radical (unpaired) electrons. The van der Waals surface area contributed by atoms with E-state index in [0.717, 1.165) is 21.5 Å². The normalized spacial score (nSPS) is 18.1. The van der Waals surface area contributed by atoms with Crippen molar-refractivity contribution >= 4 is 39.0 Å². The van der Waals surface area contributed by atoms with E-state index < -0.39 is 0 Å². The fourth-order valence-electron chi connectivity index (χ4n) is 2.38. The third-order valence-corrected chi connectivity index (χ3v) is 4.08. The van der Waals surface area contributed by atoms with E-state index in [9.17, 15) is 4.79 Å². The summed E-state index contributed by atoms with van der Waals surface area (Å²) in [6, 6.07) is 5.54. The van der Waals surface area contributed by atoms with Crippen molar-refractivity contribution in [3.63, 3.8) is 0 Å². The number of carbonyl (C=O) groups is 1. The van der Waals surface area contributed by atoms with Crippen molar-refractivity contribution in [3.05, 3.63) is 39.5 Å². The first-order chi connectivity index (χ1) is 9.93. The Morgan fingerprint density at radius 2 is 2.19 bits per heavy atom. The molecule has 112 valence electrons. The van der Waals surface area contributed by atoms with Gasteiger partial charge in [-0.1, -0.05) is 6.07 Å². The van der Waals surface area contributed by atoms with Gasteiger partial charge in [-0.3, -0.25) is 4.79 Å². The highest BCUT2D eigenvalue weighted by atomic mass is 79.9. The molecule has 0 spiro atoms. The van der Waals surface area contributed by atoms with E-state index in [2.05, 4.69) is 26.6 Å². The van der Waals surface area contributed by atoms with Gasteiger partial charge in [-0.25, -0.2) is 0 Å². The standard InChI is InChI=1S/C15H17BrN2O2S/c1-4-20-12-6-5-10(7-11(12)16)14-13(9(3)19)8(2)17-15(21)18-14/h5-7,14H,4H2,1-3H3,(H2,17,18,21). The molecule has 1 aliphatic rings. The van der Waals surface area contributed by atoms with E-state index in [4.69, 9.17) is 17.0 Å². The van der Waals surface area contributed by atoms with Crippen LogP contribution in [0.2, 0.25) is 0 Å². The summed E-state index contributed by atoms with van der Waals surface area (Å²) in [5, 5.41) is 6.67. The zero-order valence-corrected chi connectivity index (χ0v) is 14.5. The lowest BCUT2D eigenvalue weighted by atomic mass is 9.93. The van der Waals surface area contributed by atoms with Crippen LogP contribution in [0.5, 0.6) is 5.75 Å². The average Bonchev–Trinajstić information content (AvgIpc) is 2.39. The van der Waals surface area contributed by atoms with Gasteiger partial charge in [0.1, 0.15) is 5.75 Å². The minimum Gasteiger partial charge on any atom is -0.493 e. The lowest BCUT2D eigenvalue weighted by molar-refractivity contribution is -0.114. The van der Waals surface area contributed by atoms with E-state index >= 15 is 0 Å². The second kappa shape index (κ2) is 6.58. The molecule has 0 saturated carbocycles. The molecule has 1 aliphatic heterocycles. The van der Waals surface area contributed by atoms with Gasteiger partial charge in [0, 0.05) is 11.3 Å². The SMILES string of the molecule is CCOc1ccc(C2NC(=S)NC(C)=C2C(C)=O)cc1Br. The maximum Gasteiger partial charge on any atom is 0.171 e. The highest BCUT2D eigenvalue weighted by Crippen LogP contribution is 2.33. The maximum absolute atomic E-state index is 11.9. The number of allylic oxidation sites excluding steroid dienone is 1. The van der Waals surface area contributed by atoms with Crippen LogP contribution in [0.15, 0.2) is 33.9 Å². The molecule has 21 heavy (non-hydrogen) atoms. The number of halogens is 1. The Kier molecular flexibility index (Phi) is 5.00. The molecule has 1 unspecified atom stereocenters. The second-order valence-electron chi connectivity index (χ2n) is 4.75. The summed E-state index contributed by atoms with van der Waals surface area (Å²) >= 11 is 8.70. The summed E-state index contributed by atoms with van der Waals surface area (Å²) in [5.74, 6) is 0.799. The van der Waals surface area contributed by atoms with Crippen LogP contribution in [-0.4, -0.2) is 17.5 Å². The Bertz CT molecular complexity index is 628. The third-order valence-electron chi connectivity index (χ3n) is 3.24. The molecular weight excluding hydrogens is 352 g/mol. The first-order valence-electron chi connectivity index (χ1n) is 6.65. The highest BCUT2D eigenvalue weighted by molar-refractivity contribution is 9.10. The van der Waals surface area contributed by atoms with Crippen molar-refractivity contribution in [3.8, 4) is 5.75 Å². The van der Waals surface area contributed by atoms with Crippen molar-refractivity contribution in [1.29, 1.82) is 0 Å².